The molecule has 1 aromatic rings. The van der Waals surface area contributed by atoms with Crippen molar-refractivity contribution in [1.29, 1.82) is 0 Å². The van der Waals surface area contributed by atoms with E-state index < -0.39 is 0 Å². The monoisotopic (exact) mass is 267 g/mol. The molecule has 0 radical (unpaired) electrons. The molecule has 4 aliphatic rings. The molecular formula is C18H21NO. The van der Waals surface area contributed by atoms with Crippen molar-refractivity contribution in [3.8, 4) is 0 Å². The Labute approximate surface area is 120 Å². The van der Waals surface area contributed by atoms with Crippen molar-refractivity contribution in [2.75, 3.05) is 0 Å². The zero-order chi connectivity index (χ0) is 13.6. The molecule has 20 heavy (non-hydrogen) atoms. The van der Waals surface area contributed by atoms with Crippen molar-refractivity contribution >= 4 is 5.78 Å². The first kappa shape index (κ1) is 12.3. The highest BCUT2D eigenvalue weighted by Gasteiger charge is 2.49. The average Bonchev–Trinajstić information content (AvgIpc) is 2.44. The van der Waals surface area contributed by atoms with Gasteiger partial charge in [-0.05, 0) is 79.9 Å². The fraction of sp³-hybridized carbons (Fsp3) is 0.556. The van der Waals surface area contributed by atoms with Gasteiger partial charge in [-0.2, -0.15) is 0 Å². The number of allylic oxidation sites excluding steroid dienone is 2. The van der Waals surface area contributed by atoms with E-state index in [1.807, 2.05) is 12.1 Å². The highest BCUT2D eigenvalue weighted by Crippen LogP contribution is 2.60. The van der Waals surface area contributed by atoms with Gasteiger partial charge in [-0.1, -0.05) is 12.1 Å². The summed E-state index contributed by atoms with van der Waals surface area (Å²) in [5.41, 5.74) is 0.896. The Morgan fingerprint density at radius 3 is 2.30 bits per heavy atom. The molecule has 4 saturated carbocycles. The van der Waals surface area contributed by atoms with Crippen LogP contribution < -0.4 is 0 Å². The molecule has 1 heterocycles. The van der Waals surface area contributed by atoms with Crippen LogP contribution in [-0.2, 0) is 0 Å². The van der Waals surface area contributed by atoms with Gasteiger partial charge >= 0.3 is 0 Å². The van der Waals surface area contributed by atoms with Crippen molar-refractivity contribution in [2.45, 2.75) is 38.5 Å². The first-order valence-corrected chi connectivity index (χ1v) is 7.87. The fourth-order valence-electron chi connectivity index (χ4n) is 5.23. The second kappa shape index (κ2) is 4.54. The number of nitrogens with zero attached hydrogens (tertiary/aromatic N) is 1. The molecule has 0 amide bonds. The van der Waals surface area contributed by atoms with Gasteiger partial charge in [0.1, 0.15) is 5.69 Å². The van der Waals surface area contributed by atoms with Gasteiger partial charge in [0.25, 0.3) is 0 Å². The lowest BCUT2D eigenvalue weighted by Crippen LogP contribution is -2.45. The largest absolute Gasteiger partial charge is 0.288 e. The van der Waals surface area contributed by atoms with Crippen molar-refractivity contribution in [1.82, 2.24) is 4.98 Å². The average molecular weight is 267 g/mol. The molecule has 0 spiro atoms. The Bertz CT molecular complexity index is 511. The number of hydrogen-bond donors (Lipinski definition) is 0. The topological polar surface area (TPSA) is 30.0 Å². The number of rotatable bonds is 3. The van der Waals surface area contributed by atoms with E-state index in [4.69, 9.17) is 0 Å². The van der Waals surface area contributed by atoms with Crippen LogP contribution >= 0.6 is 0 Å². The van der Waals surface area contributed by atoms with Crippen molar-refractivity contribution < 1.29 is 4.79 Å². The van der Waals surface area contributed by atoms with Crippen LogP contribution in [-0.4, -0.2) is 10.8 Å². The Morgan fingerprint density at radius 1 is 1.10 bits per heavy atom. The second-order valence-electron chi connectivity index (χ2n) is 7.19. The standard InChI is InChI=1S/C18H21NO/c20-17(16-3-1-2-6-19-16)4-5-18-10-13-7-14(11-18)9-15(8-13)12-18/h1-6,13-15H,7-12H2/b5-4+. The van der Waals surface area contributed by atoms with Crippen molar-refractivity contribution in [3.05, 3.63) is 42.2 Å². The van der Waals surface area contributed by atoms with Gasteiger partial charge in [-0.25, -0.2) is 0 Å². The highest BCUT2D eigenvalue weighted by molar-refractivity contribution is 6.02. The summed E-state index contributed by atoms with van der Waals surface area (Å²) in [4.78, 5) is 16.3. The molecular weight excluding hydrogens is 246 g/mol. The van der Waals surface area contributed by atoms with Crippen molar-refractivity contribution in [2.24, 2.45) is 23.2 Å². The van der Waals surface area contributed by atoms with Gasteiger partial charge in [0, 0.05) is 6.20 Å². The minimum atomic E-state index is 0.0568. The first-order valence-electron chi connectivity index (χ1n) is 7.87. The third kappa shape index (κ3) is 2.11. The van der Waals surface area contributed by atoms with E-state index >= 15 is 0 Å². The van der Waals surface area contributed by atoms with E-state index in [1.54, 1.807) is 18.3 Å². The van der Waals surface area contributed by atoms with Gasteiger partial charge in [-0.15, -0.1) is 0 Å². The van der Waals surface area contributed by atoms with E-state index in [1.165, 1.54) is 38.5 Å². The molecule has 2 nitrogen and oxygen atoms in total. The Balaban J connectivity index is 1.54. The summed E-state index contributed by atoms with van der Waals surface area (Å²) < 4.78 is 0. The lowest BCUT2D eigenvalue weighted by Gasteiger charge is -2.55. The summed E-state index contributed by atoms with van der Waals surface area (Å²) in [6, 6.07) is 5.52. The maximum absolute atomic E-state index is 12.2. The molecule has 4 fully saturated rings. The molecule has 104 valence electrons. The lowest BCUT2D eigenvalue weighted by atomic mass is 9.49. The van der Waals surface area contributed by atoms with Crippen molar-refractivity contribution in [3.63, 3.8) is 0 Å². The maximum atomic E-state index is 12.2. The van der Waals surface area contributed by atoms with Crippen LogP contribution in [0.2, 0.25) is 0 Å². The van der Waals surface area contributed by atoms with E-state index in [0.717, 1.165) is 17.8 Å². The van der Waals surface area contributed by atoms with Gasteiger partial charge in [0.05, 0.1) is 0 Å². The van der Waals surface area contributed by atoms with E-state index in [0.29, 0.717) is 11.1 Å². The molecule has 0 N–H and O–H groups in total. The minimum Gasteiger partial charge on any atom is -0.288 e. The maximum Gasteiger partial charge on any atom is 0.203 e. The normalized spacial score (nSPS) is 38.5. The van der Waals surface area contributed by atoms with Crippen LogP contribution in [0.1, 0.15) is 49.0 Å². The van der Waals surface area contributed by atoms with Crippen LogP contribution in [0, 0.1) is 23.2 Å². The number of aromatic nitrogens is 1. The summed E-state index contributed by atoms with van der Waals surface area (Å²) in [7, 11) is 0. The summed E-state index contributed by atoms with van der Waals surface area (Å²) in [5, 5.41) is 0. The predicted molar refractivity (Wildman–Crippen MR) is 78.3 cm³/mol. The summed E-state index contributed by atoms with van der Waals surface area (Å²) >= 11 is 0. The van der Waals surface area contributed by atoms with Crippen LogP contribution in [0.25, 0.3) is 0 Å². The fourth-order valence-corrected chi connectivity index (χ4v) is 5.23. The van der Waals surface area contributed by atoms with Crippen LogP contribution in [0.5, 0.6) is 0 Å². The molecule has 4 bridgehead atoms. The molecule has 0 atom stereocenters. The molecule has 0 unspecified atom stereocenters. The SMILES string of the molecule is O=C(/C=C/C12CC3CC(CC(C3)C1)C2)c1ccccn1. The second-order valence-corrected chi connectivity index (χ2v) is 7.19. The van der Waals surface area contributed by atoms with E-state index in [-0.39, 0.29) is 5.78 Å². The number of carbonyl (C=O) groups is 1. The summed E-state index contributed by atoms with van der Waals surface area (Å²) in [6.07, 6.45) is 14.0. The third-order valence-corrected chi connectivity index (χ3v) is 5.59. The Kier molecular flexibility index (Phi) is 2.80. The van der Waals surface area contributed by atoms with Crippen LogP contribution in [0.4, 0.5) is 0 Å². The highest BCUT2D eigenvalue weighted by atomic mass is 16.1. The van der Waals surface area contributed by atoms with Gasteiger partial charge in [0.15, 0.2) is 0 Å². The predicted octanol–water partition coefficient (Wildman–Crippen LogP) is 4.04. The number of hydrogen-bond acceptors (Lipinski definition) is 2. The van der Waals surface area contributed by atoms with Gasteiger partial charge < -0.3 is 0 Å². The molecule has 0 aromatic carbocycles. The zero-order valence-corrected chi connectivity index (χ0v) is 11.8. The summed E-state index contributed by atoms with van der Waals surface area (Å²) in [6.45, 7) is 0. The van der Waals surface area contributed by atoms with Gasteiger partial charge in [0.2, 0.25) is 5.78 Å². The number of ketones is 1. The van der Waals surface area contributed by atoms with Crippen LogP contribution in [0.15, 0.2) is 36.5 Å². The molecule has 4 aliphatic carbocycles. The minimum absolute atomic E-state index is 0.0568. The van der Waals surface area contributed by atoms with Gasteiger partial charge in [-0.3, -0.25) is 9.78 Å². The molecule has 0 aliphatic heterocycles. The van der Waals surface area contributed by atoms with E-state index in [2.05, 4.69) is 11.1 Å². The third-order valence-electron chi connectivity index (χ3n) is 5.59. The quantitative estimate of drug-likeness (QED) is 0.611. The summed E-state index contributed by atoms with van der Waals surface area (Å²) in [5.74, 6) is 2.84. The first-order chi connectivity index (χ1) is 9.72. The number of carbonyl (C=O) groups excluding carboxylic acids is 1. The molecule has 0 saturated heterocycles. The lowest BCUT2D eigenvalue weighted by molar-refractivity contribution is -0.0238. The Hall–Kier alpha value is -1.44. The van der Waals surface area contributed by atoms with E-state index in [9.17, 15) is 4.79 Å². The van der Waals surface area contributed by atoms with Crippen LogP contribution in [0.3, 0.4) is 0 Å². The zero-order valence-electron chi connectivity index (χ0n) is 11.8. The smallest absolute Gasteiger partial charge is 0.203 e. The Morgan fingerprint density at radius 2 is 1.75 bits per heavy atom. The molecule has 1 aromatic heterocycles. The molecule has 5 rings (SSSR count). The molecule has 2 heteroatoms. The number of pyridine rings is 1.